The summed E-state index contributed by atoms with van der Waals surface area (Å²) < 4.78 is 27.7. The summed E-state index contributed by atoms with van der Waals surface area (Å²) in [5.41, 5.74) is 3.82. The number of rotatable bonds is 4. The second kappa shape index (κ2) is 6.74. The van der Waals surface area contributed by atoms with Gasteiger partial charge in [-0.2, -0.15) is 5.10 Å². The van der Waals surface area contributed by atoms with Crippen LogP contribution >= 0.6 is 0 Å². The zero-order valence-electron chi connectivity index (χ0n) is 14.2. The van der Waals surface area contributed by atoms with E-state index in [-0.39, 0.29) is 10.6 Å². The molecule has 7 nitrogen and oxygen atoms in total. The van der Waals surface area contributed by atoms with Gasteiger partial charge in [-0.25, -0.2) is 18.4 Å². The number of methoxy groups -OCH3 is 1. The fourth-order valence-electron chi connectivity index (χ4n) is 2.60. The number of aryl methyl sites for hydroxylation is 1. The number of aromatic nitrogens is 2. The molecular formula is C18H17N3O4S. The van der Waals surface area contributed by atoms with Crippen LogP contribution in [0.15, 0.2) is 53.4 Å². The lowest BCUT2D eigenvalue weighted by atomic mass is 9.98. The summed E-state index contributed by atoms with van der Waals surface area (Å²) >= 11 is 0. The van der Waals surface area contributed by atoms with Crippen LogP contribution in [0.1, 0.15) is 16.1 Å². The number of nitrogens with one attached hydrogen (secondary N) is 1. The first-order valence-corrected chi connectivity index (χ1v) is 9.23. The Morgan fingerprint density at radius 3 is 2.15 bits per heavy atom. The standard InChI is InChI=1S/C18H17N3O4S/c1-11-3-5-12(6-4-11)15-16(20-21-17(15)18(22)25-2)13-7-9-14(10-8-13)26(19,23)24/h3-10H,1-2H3,(H,20,21)(H2,19,23,24). The van der Waals surface area contributed by atoms with Crippen molar-refractivity contribution in [3.05, 3.63) is 59.8 Å². The SMILES string of the molecule is COC(=O)c1[nH]nc(-c2ccc(S(N)(=O)=O)cc2)c1-c1ccc(C)cc1. The molecule has 0 atom stereocenters. The van der Waals surface area contributed by atoms with Gasteiger partial charge in [-0.05, 0) is 24.6 Å². The number of esters is 1. The van der Waals surface area contributed by atoms with E-state index in [1.165, 1.54) is 19.2 Å². The van der Waals surface area contributed by atoms with Gasteiger partial charge in [0.25, 0.3) is 0 Å². The van der Waals surface area contributed by atoms with Gasteiger partial charge in [-0.3, -0.25) is 5.10 Å². The lowest BCUT2D eigenvalue weighted by Crippen LogP contribution is -2.11. The number of hydrogen-bond donors (Lipinski definition) is 2. The lowest BCUT2D eigenvalue weighted by molar-refractivity contribution is 0.0595. The number of ether oxygens (including phenoxy) is 1. The maximum Gasteiger partial charge on any atom is 0.356 e. The van der Waals surface area contributed by atoms with Crippen LogP contribution < -0.4 is 5.14 Å². The quantitative estimate of drug-likeness (QED) is 0.684. The number of benzene rings is 2. The Balaban J connectivity index is 2.17. The van der Waals surface area contributed by atoms with Crippen molar-refractivity contribution in [2.24, 2.45) is 5.14 Å². The van der Waals surface area contributed by atoms with Gasteiger partial charge in [0.15, 0.2) is 5.69 Å². The molecule has 0 saturated carbocycles. The van der Waals surface area contributed by atoms with Crippen molar-refractivity contribution < 1.29 is 17.9 Å². The first-order chi connectivity index (χ1) is 12.3. The number of H-pyrrole nitrogens is 1. The summed E-state index contributed by atoms with van der Waals surface area (Å²) in [5, 5.41) is 12.1. The maximum atomic E-state index is 12.1. The van der Waals surface area contributed by atoms with Gasteiger partial charge < -0.3 is 4.74 Å². The molecule has 0 spiro atoms. The highest BCUT2D eigenvalue weighted by Crippen LogP contribution is 2.34. The normalized spacial score (nSPS) is 11.3. The first kappa shape index (κ1) is 17.8. The summed E-state index contributed by atoms with van der Waals surface area (Å²) in [6, 6.07) is 13.6. The molecule has 3 N–H and O–H groups in total. The smallest absolute Gasteiger partial charge is 0.356 e. The molecule has 3 aromatic rings. The van der Waals surface area contributed by atoms with E-state index in [1.54, 1.807) is 12.1 Å². The van der Waals surface area contributed by atoms with Crippen molar-refractivity contribution in [1.82, 2.24) is 10.2 Å². The Hall–Kier alpha value is -2.97. The predicted octanol–water partition coefficient (Wildman–Crippen LogP) is 2.49. The van der Waals surface area contributed by atoms with Crippen LogP contribution in [-0.2, 0) is 14.8 Å². The molecule has 3 rings (SSSR count). The minimum absolute atomic E-state index is 0.00173. The number of nitrogens with two attached hydrogens (primary N) is 1. The monoisotopic (exact) mass is 371 g/mol. The van der Waals surface area contributed by atoms with Crippen molar-refractivity contribution in [2.45, 2.75) is 11.8 Å². The van der Waals surface area contributed by atoms with Gasteiger partial charge in [0.05, 0.1) is 12.0 Å². The van der Waals surface area contributed by atoms with Crippen molar-refractivity contribution in [3.63, 3.8) is 0 Å². The molecule has 0 unspecified atom stereocenters. The van der Waals surface area contributed by atoms with Gasteiger partial charge in [0.1, 0.15) is 5.69 Å². The van der Waals surface area contributed by atoms with E-state index in [9.17, 15) is 13.2 Å². The second-order valence-electron chi connectivity index (χ2n) is 5.75. The Morgan fingerprint density at radius 1 is 1.04 bits per heavy atom. The van der Waals surface area contributed by atoms with Crippen molar-refractivity contribution in [3.8, 4) is 22.4 Å². The first-order valence-electron chi connectivity index (χ1n) is 7.68. The molecule has 1 heterocycles. The molecule has 0 aliphatic heterocycles. The van der Waals surface area contributed by atoms with Crippen molar-refractivity contribution in [1.29, 1.82) is 0 Å². The molecule has 8 heteroatoms. The van der Waals surface area contributed by atoms with E-state index in [0.29, 0.717) is 16.8 Å². The molecule has 26 heavy (non-hydrogen) atoms. The number of sulfonamides is 1. The predicted molar refractivity (Wildman–Crippen MR) is 96.9 cm³/mol. The van der Waals surface area contributed by atoms with Gasteiger partial charge in [0.2, 0.25) is 10.0 Å². The van der Waals surface area contributed by atoms with Crippen LogP contribution in [0.4, 0.5) is 0 Å². The van der Waals surface area contributed by atoms with E-state index in [2.05, 4.69) is 10.2 Å². The van der Waals surface area contributed by atoms with E-state index >= 15 is 0 Å². The Bertz CT molecular complexity index is 1050. The molecular weight excluding hydrogens is 354 g/mol. The van der Waals surface area contributed by atoms with E-state index < -0.39 is 16.0 Å². The largest absolute Gasteiger partial charge is 0.464 e. The minimum atomic E-state index is -3.78. The highest BCUT2D eigenvalue weighted by Gasteiger charge is 2.22. The zero-order valence-corrected chi connectivity index (χ0v) is 15.0. The molecule has 2 aromatic carbocycles. The third kappa shape index (κ3) is 3.37. The van der Waals surface area contributed by atoms with Crippen molar-refractivity contribution >= 4 is 16.0 Å². The average molecular weight is 371 g/mol. The van der Waals surface area contributed by atoms with E-state index in [4.69, 9.17) is 9.88 Å². The Morgan fingerprint density at radius 2 is 1.62 bits per heavy atom. The molecule has 0 fully saturated rings. The molecule has 0 aliphatic carbocycles. The van der Waals surface area contributed by atoms with Gasteiger partial charge in [0, 0.05) is 11.1 Å². The zero-order chi connectivity index (χ0) is 18.9. The van der Waals surface area contributed by atoms with Crippen LogP contribution in [0.2, 0.25) is 0 Å². The summed E-state index contributed by atoms with van der Waals surface area (Å²) in [4.78, 5) is 12.1. The summed E-state index contributed by atoms with van der Waals surface area (Å²) in [6.45, 7) is 1.97. The minimum Gasteiger partial charge on any atom is -0.464 e. The molecule has 0 amide bonds. The number of nitrogens with zero attached hydrogens (tertiary/aromatic N) is 1. The summed E-state index contributed by atoms with van der Waals surface area (Å²) in [6.07, 6.45) is 0. The molecule has 1 aromatic heterocycles. The number of carbonyl (C=O) groups is 1. The lowest BCUT2D eigenvalue weighted by Gasteiger charge is -2.07. The number of aromatic amines is 1. The topological polar surface area (TPSA) is 115 Å². The third-order valence-electron chi connectivity index (χ3n) is 3.95. The highest BCUT2D eigenvalue weighted by atomic mass is 32.2. The fraction of sp³-hybridized carbons (Fsp3) is 0.111. The maximum absolute atomic E-state index is 12.1. The van der Waals surface area contributed by atoms with Crippen LogP contribution in [0, 0.1) is 6.92 Å². The van der Waals surface area contributed by atoms with Crippen LogP contribution in [-0.4, -0.2) is 31.7 Å². The van der Waals surface area contributed by atoms with Crippen LogP contribution in [0.3, 0.4) is 0 Å². The summed E-state index contributed by atoms with van der Waals surface area (Å²) in [7, 11) is -2.49. The Kier molecular flexibility index (Phi) is 4.62. The van der Waals surface area contributed by atoms with E-state index in [0.717, 1.165) is 11.1 Å². The molecule has 0 saturated heterocycles. The van der Waals surface area contributed by atoms with Gasteiger partial charge >= 0.3 is 5.97 Å². The fourth-order valence-corrected chi connectivity index (χ4v) is 3.12. The van der Waals surface area contributed by atoms with Crippen molar-refractivity contribution in [2.75, 3.05) is 7.11 Å². The third-order valence-corrected chi connectivity index (χ3v) is 4.88. The second-order valence-corrected chi connectivity index (χ2v) is 7.31. The molecule has 134 valence electrons. The number of primary sulfonamides is 1. The summed E-state index contributed by atoms with van der Waals surface area (Å²) in [5.74, 6) is -0.541. The van der Waals surface area contributed by atoms with Gasteiger partial charge in [-0.1, -0.05) is 42.0 Å². The molecule has 0 radical (unpaired) electrons. The molecule has 0 bridgehead atoms. The van der Waals surface area contributed by atoms with E-state index in [1.807, 2.05) is 31.2 Å². The Labute approximate surface area is 150 Å². The number of hydrogen-bond acceptors (Lipinski definition) is 5. The van der Waals surface area contributed by atoms with Crippen LogP contribution in [0.25, 0.3) is 22.4 Å². The molecule has 0 aliphatic rings. The highest BCUT2D eigenvalue weighted by molar-refractivity contribution is 7.89. The van der Waals surface area contributed by atoms with Crippen LogP contribution in [0.5, 0.6) is 0 Å². The number of carbonyl (C=O) groups excluding carboxylic acids is 1. The average Bonchev–Trinajstić information content (AvgIpc) is 3.06. The van der Waals surface area contributed by atoms with Gasteiger partial charge in [-0.15, -0.1) is 0 Å².